The Morgan fingerprint density at radius 3 is 2.78 bits per heavy atom. The smallest absolute Gasteiger partial charge is 0.263 e. The van der Waals surface area contributed by atoms with Gasteiger partial charge in [-0.05, 0) is 45.2 Å². The Morgan fingerprint density at radius 2 is 2.04 bits per heavy atom. The zero-order chi connectivity index (χ0) is 16.2. The third-order valence-electron chi connectivity index (χ3n) is 4.32. The van der Waals surface area contributed by atoms with E-state index in [1.807, 2.05) is 41.4 Å². The lowest BCUT2D eigenvalue weighted by molar-refractivity contribution is -0.141. The second-order valence-corrected chi connectivity index (χ2v) is 6.07. The molecule has 122 valence electrons. The maximum atomic E-state index is 12.6. The molecule has 2 atom stereocenters. The molecule has 1 aromatic carbocycles. The molecule has 1 saturated heterocycles. The summed E-state index contributed by atoms with van der Waals surface area (Å²) in [7, 11) is 0. The van der Waals surface area contributed by atoms with Gasteiger partial charge < -0.3 is 9.64 Å². The second-order valence-electron chi connectivity index (χ2n) is 6.07. The van der Waals surface area contributed by atoms with Crippen molar-refractivity contribution in [2.45, 2.75) is 45.3 Å². The Kier molecular flexibility index (Phi) is 4.65. The summed E-state index contributed by atoms with van der Waals surface area (Å²) in [6, 6.07) is 11.9. The predicted molar refractivity (Wildman–Crippen MR) is 88.7 cm³/mol. The number of carbonyl (C=O) groups excluding carboxylic acids is 1. The fraction of sp³-hybridized carbons (Fsp3) is 0.444. The average Bonchev–Trinajstić information content (AvgIpc) is 3.04. The second kappa shape index (κ2) is 6.86. The molecule has 0 bridgehead atoms. The molecule has 0 radical (unpaired) electrons. The number of benzene rings is 1. The van der Waals surface area contributed by atoms with Crippen molar-refractivity contribution in [2.75, 3.05) is 6.54 Å². The van der Waals surface area contributed by atoms with Crippen LogP contribution in [0.25, 0.3) is 5.69 Å². The van der Waals surface area contributed by atoms with E-state index >= 15 is 0 Å². The number of hydrogen-bond donors (Lipinski definition) is 0. The van der Waals surface area contributed by atoms with E-state index in [1.54, 1.807) is 17.7 Å². The molecule has 0 N–H and O–H groups in total. The van der Waals surface area contributed by atoms with E-state index in [2.05, 4.69) is 12.0 Å². The molecule has 0 aliphatic carbocycles. The summed E-state index contributed by atoms with van der Waals surface area (Å²) in [6.07, 6.45) is 4.66. The van der Waals surface area contributed by atoms with Crippen molar-refractivity contribution >= 4 is 5.91 Å². The zero-order valence-corrected chi connectivity index (χ0v) is 13.7. The van der Waals surface area contributed by atoms with Gasteiger partial charge >= 0.3 is 0 Å². The first kappa shape index (κ1) is 15.6. The number of likely N-dealkylation sites (tertiary alicyclic amines) is 1. The van der Waals surface area contributed by atoms with Crippen LogP contribution in [0.4, 0.5) is 0 Å². The first-order chi connectivity index (χ1) is 11.1. The highest BCUT2D eigenvalue weighted by Gasteiger charge is 2.28. The maximum absolute atomic E-state index is 12.6. The highest BCUT2D eigenvalue weighted by Crippen LogP contribution is 2.19. The van der Waals surface area contributed by atoms with Crippen LogP contribution < -0.4 is 4.74 Å². The minimum Gasteiger partial charge on any atom is -0.463 e. The number of piperidine rings is 1. The lowest BCUT2D eigenvalue weighted by Crippen LogP contribution is -2.47. The van der Waals surface area contributed by atoms with Crippen LogP contribution in [0.15, 0.2) is 42.6 Å². The molecule has 1 aromatic heterocycles. The van der Waals surface area contributed by atoms with E-state index < -0.39 is 6.10 Å². The van der Waals surface area contributed by atoms with Crippen LogP contribution in [0, 0.1) is 0 Å². The van der Waals surface area contributed by atoms with Gasteiger partial charge in [-0.1, -0.05) is 18.2 Å². The Hall–Kier alpha value is -2.30. The van der Waals surface area contributed by atoms with Crippen molar-refractivity contribution in [3.05, 3.63) is 42.6 Å². The van der Waals surface area contributed by atoms with Crippen molar-refractivity contribution < 1.29 is 9.53 Å². The fourth-order valence-electron chi connectivity index (χ4n) is 2.99. The monoisotopic (exact) mass is 313 g/mol. The quantitative estimate of drug-likeness (QED) is 0.871. The first-order valence-electron chi connectivity index (χ1n) is 8.23. The van der Waals surface area contributed by atoms with Crippen LogP contribution in [0.2, 0.25) is 0 Å². The summed E-state index contributed by atoms with van der Waals surface area (Å²) in [4.78, 5) is 14.5. The van der Waals surface area contributed by atoms with Crippen molar-refractivity contribution in [1.82, 2.24) is 14.7 Å². The molecule has 0 saturated carbocycles. The molecule has 5 heteroatoms. The van der Waals surface area contributed by atoms with Crippen LogP contribution in [0.1, 0.15) is 33.1 Å². The number of ether oxygens (including phenoxy) is 1. The van der Waals surface area contributed by atoms with Gasteiger partial charge in [0.2, 0.25) is 5.88 Å². The van der Waals surface area contributed by atoms with Gasteiger partial charge in [-0.15, -0.1) is 5.10 Å². The van der Waals surface area contributed by atoms with Crippen molar-refractivity contribution in [2.24, 2.45) is 0 Å². The standard InChI is InChI=1S/C18H23N3O2/c1-14-8-6-7-12-20(14)18(22)15(2)23-17-11-13-21(19-17)16-9-4-3-5-10-16/h3-5,9-11,13-15H,6-8,12H2,1-2H3/t14-,15+/m1/s1. The van der Waals surface area contributed by atoms with Gasteiger partial charge in [-0.25, -0.2) is 4.68 Å². The summed E-state index contributed by atoms with van der Waals surface area (Å²) in [5.41, 5.74) is 0.964. The van der Waals surface area contributed by atoms with Crippen LogP contribution in [-0.2, 0) is 4.79 Å². The van der Waals surface area contributed by atoms with Crippen LogP contribution in [-0.4, -0.2) is 39.3 Å². The zero-order valence-electron chi connectivity index (χ0n) is 13.7. The molecule has 0 spiro atoms. The number of amides is 1. The van der Waals surface area contributed by atoms with E-state index in [9.17, 15) is 4.79 Å². The molecule has 1 aliphatic heterocycles. The Bertz CT molecular complexity index is 653. The average molecular weight is 313 g/mol. The van der Waals surface area contributed by atoms with Gasteiger partial charge in [0, 0.05) is 24.8 Å². The molecular formula is C18H23N3O2. The minimum atomic E-state index is -0.519. The van der Waals surface area contributed by atoms with Gasteiger partial charge in [-0.3, -0.25) is 4.79 Å². The molecule has 3 rings (SSSR count). The van der Waals surface area contributed by atoms with E-state index in [0.29, 0.717) is 11.9 Å². The number of rotatable bonds is 4. The molecular weight excluding hydrogens is 290 g/mol. The SMILES string of the molecule is C[C@H](Oc1ccn(-c2ccccc2)n1)C(=O)N1CCCC[C@H]1C. The predicted octanol–water partition coefficient (Wildman–Crippen LogP) is 3.04. The third-order valence-corrected chi connectivity index (χ3v) is 4.32. The molecule has 1 aliphatic rings. The molecule has 23 heavy (non-hydrogen) atoms. The van der Waals surface area contributed by atoms with Crippen molar-refractivity contribution in [3.8, 4) is 11.6 Å². The van der Waals surface area contributed by atoms with Gasteiger partial charge in [0.15, 0.2) is 6.10 Å². The summed E-state index contributed by atoms with van der Waals surface area (Å²) in [6.45, 7) is 4.73. The van der Waals surface area contributed by atoms with Gasteiger partial charge in [0.25, 0.3) is 5.91 Å². The highest BCUT2D eigenvalue weighted by molar-refractivity contribution is 5.81. The fourth-order valence-corrected chi connectivity index (χ4v) is 2.99. The van der Waals surface area contributed by atoms with Gasteiger partial charge in [0.1, 0.15) is 0 Å². The summed E-state index contributed by atoms with van der Waals surface area (Å²) in [5.74, 6) is 0.519. The maximum Gasteiger partial charge on any atom is 0.263 e. The summed E-state index contributed by atoms with van der Waals surface area (Å²) >= 11 is 0. The molecule has 2 heterocycles. The lowest BCUT2D eigenvalue weighted by Gasteiger charge is -2.34. The molecule has 1 fully saturated rings. The van der Waals surface area contributed by atoms with Crippen molar-refractivity contribution in [3.63, 3.8) is 0 Å². The Balaban J connectivity index is 1.65. The number of carbonyl (C=O) groups is 1. The minimum absolute atomic E-state index is 0.0476. The van der Waals surface area contributed by atoms with Crippen molar-refractivity contribution in [1.29, 1.82) is 0 Å². The largest absolute Gasteiger partial charge is 0.463 e. The number of hydrogen-bond acceptors (Lipinski definition) is 3. The van der Waals surface area contributed by atoms with E-state index in [1.165, 1.54) is 6.42 Å². The Morgan fingerprint density at radius 1 is 1.26 bits per heavy atom. The highest BCUT2D eigenvalue weighted by atomic mass is 16.5. The number of nitrogens with zero attached hydrogens (tertiary/aromatic N) is 3. The van der Waals surface area contributed by atoms with E-state index in [0.717, 1.165) is 25.1 Å². The van der Waals surface area contributed by atoms with E-state index in [-0.39, 0.29) is 5.91 Å². The molecule has 2 aromatic rings. The lowest BCUT2D eigenvalue weighted by atomic mass is 10.0. The number of para-hydroxylation sites is 1. The van der Waals surface area contributed by atoms with Gasteiger partial charge in [-0.2, -0.15) is 0 Å². The molecule has 1 amide bonds. The van der Waals surface area contributed by atoms with Crippen LogP contribution >= 0.6 is 0 Å². The third kappa shape index (κ3) is 3.55. The van der Waals surface area contributed by atoms with Gasteiger partial charge in [0.05, 0.1) is 5.69 Å². The summed E-state index contributed by atoms with van der Waals surface area (Å²) < 4.78 is 7.50. The van der Waals surface area contributed by atoms with Crippen LogP contribution in [0.5, 0.6) is 5.88 Å². The topological polar surface area (TPSA) is 47.4 Å². The van der Waals surface area contributed by atoms with Crippen LogP contribution in [0.3, 0.4) is 0 Å². The Labute approximate surface area is 136 Å². The summed E-state index contributed by atoms with van der Waals surface area (Å²) in [5, 5.41) is 4.39. The molecule has 0 unspecified atom stereocenters. The first-order valence-corrected chi connectivity index (χ1v) is 8.23. The normalized spacial score (nSPS) is 19.4. The van der Waals surface area contributed by atoms with E-state index in [4.69, 9.17) is 4.74 Å². The number of aromatic nitrogens is 2. The molecule has 5 nitrogen and oxygen atoms in total.